The molecule has 1 amide bonds. The van der Waals surface area contributed by atoms with Crippen LogP contribution in [0.25, 0.3) is 0 Å². The Hall–Kier alpha value is -2.87. The van der Waals surface area contributed by atoms with E-state index in [0.717, 1.165) is 6.42 Å². The van der Waals surface area contributed by atoms with E-state index in [1.165, 1.54) is 17.0 Å². The molecule has 0 aromatic heterocycles. The molecule has 0 unspecified atom stereocenters. The molecule has 1 aliphatic carbocycles. The summed E-state index contributed by atoms with van der Waals surface area (Å²) in [6.45, 7) is 0. The maximum absolute atomic E-state index is 12.1. The van der Waals surface area contributed by atoms with Crippen molar-refractivity contribution in [3.8, 4) is 5.75 Å². The number of carbonyl (C=O) groups is 1. The van der Waals surface area contributed by atoms with E-state index in [4.69, 9.17) is 0 Å². The summed E-state index contributed by atoms with van der Waals surface area (Å²) in [5.41, 5.74) is -1.00. The standard InChI is InChI=1S/C18H21N3O5/c1-21(2)18(26)9-5-3-7-11(15(9)23)20-14-13(16(24)17(14)25)19-10-6-4-8-12(10)22/h3,5,7,10,12,19-20,22-23H,4,6,8H2,1-2H3/t10-,12-/m0/s1. The number of aliphatic hydroxyl groups excluding tert-OH is 1. The van der Waals surface area contributed by atoms with E-state index in [1.54, 1.807) is 20.2 Å². The predicted molar refractivity (Wildman–Crippen MR) is 98.0 cm³/mol. The quantitative estimate of drug-likeness (QED) is 0.460. The van der Waals surface area contributed by atoms with Crippen molar-refractivity contribution in [2.75, 3.05) is 24.7 Å². The van der Waals surface area contributed by atoms with Crippen LogP contribution in [0.2, 0.25) is 0 Å². The third-order valence-corrected chi connectivity index (χ3v) is 4.65. The van der Waals surface area contributed by atoms with Crippen molar-refractivity contribution in [3.63, 3.8) is 0 Å². The van der Waals surface area contributed by atoms with Crippen LogP contribution in [-0.2, 0) is 0 Å². The van der Waals surface area contributed by atoms with E-state index in [-0.39, 0.29) is 40.3 Å². The molecule has 8 heteroatoms. The summed E-state index contributed by atoms with van der Waals surface area (Å²) in [6, 6.07) is 4.26. The Morgan fingerprint density at radius 2 is 1.85 bits per heavy atom. The fraction of sp³-hybridized carbons (Fsp3) is 0.389. The van der Waals surface area contributed by atoms with Crippen LogP contribution in [0, 0.1) is 0 Å². The van der Waals surface area contributed by atoms with Gasteiger partial charge in [-0.15, -0.1) is 0 Å². The van der Waals surface area contributed by atoms with E-state index in [2.05, 4.69) is 10.6 Å². The molecule has 0 aliphatic heterocycles. The van der Waals surface area contributed by atoms with Gasteiger partial charge in [-0.1, -0.05) is 6.07 Å². The lowest BCUT2D eigenvalue weighted by molar-refractivity contribution is 0.0824. The minimum atomic E-state index is -0.705. The third-order valence-electron chi connectivity index (χ3n) is 4.65. The first-order valence-corrected chi connectivity index (χ1v) is 8.39. The monoisotopic (exact) mass is 359 g/mol. The van der Waals surface area contributed by atoms with Gasteiger partial charge >= 0.3 is 0 Å². The van der Waals surface area contributed by atoms with Crippen LogP contribution in [0.5, 0.6) is 5.75 Å². The number of aromatic hydroxyl groups is 1. The average Bonchev–Trinajstić information content (AvgIpc) is 3.03. The molecule has 0 spiro atoms. The minimum Gasteiger partial charge on any atom is -0.505 e. The Balaban J connectivity index is 1.88. The number of hydrogen-bond donors (Lipinski definition) is 4. The number of carbonyl (C=O) groups excluding carboxylic acids is 1. The second-order valence-corrected chi connectivity index (χ2v) is 6.68. The number of benzene rings is 1. The van der Waals surface area contributed by atoms with Crippen LogP contribution in [0.15, 0.2) is 27.8 Å². The summed E-state index contributed by atoms with van der Waals surface area (Å²) >= 11 is 0. The highest BCUT2D eigenvalue weighted by atomic mass is 16.3. The van der Waals surface area contributed by atoms with Crippen molar-refractivity contribution in [1.82, 2.24) is 4.90 Å². The summed E-state index contributed by atoms with van der Waals surface area (Å²) in [5, 5.41) is 25.9. The van der Waals surface area contributed by atoms with Gasteiger partial charge in [0, 0.05) is 14.1 Å². The van der Waals surface area contributed by atoms with Gasteiger partial charge in [0.05, 0.1) is 23.4 Å². The highest BCUT2D eigenvalue weighted by Crippen LogP contribution is 2.33. The molecule has 3 rings (SSSR count). The molecule has 0 bridgehead atoms. The zero-order valence-electron chi connectivity index (χ0n) is 14.6. The summed E-state index contributed by atoms with van der Waals surface area (Å²) < 4.78 is 0. The Morgan fingerprint density at radius 3 is 2.46 bits per heavy atom. The lowest BCUT2D eigenvalue weighted by Crippen LogP contribution is -2.40. The lowest BCUT2D eigenvalue weighted by atomic mass is 10.1. The van der Waals surface area contributed by atoms with Gasteiger partial charge in [0.1, 0.15) is 11.4 Å². The molecule has 0 heterocycles. The van der Waals surface area contributed by atoms with Crippen LogP contribution in [0.1, 0.15) is 29.6 Å². The van der Waals surface area contributed by atoms with Gasteiger partial charge < -0.3 is 25.7 Å². The van der Waals surface area contributed by atoms with Crippen LogP contribution >= 0.6 is 0 Å². The SMILES string of the molecule is CN(C)C(=O)c1cccc(Nc2c(N[C@H]3CCC[C@@H]3O)c(=O)c2=O)c1O. The van der Waals surface area contributed by atoms with Crippen molar-refractivity contribution in [1.29, 1.82) is 0 Å². The first kappa shape index (κ1) is 17.9. The van der Waals surface area contributed by atoms with Crippen molar-refractivity contribution < 1.29 is 15.0 Å². The molecule has 138 valence electrons. The van der Waals surface area contributed by atoms with Gasteiger partial charge in [-0.25, -0.2) is 0 Å². The molecule has 2 aromatic carbocycles. The highest BCUT2D eigenvalue weighted by molar-refractivity contribution is 5.99. The molecule has 1 aliphatic rings. The fourth-order valence-corrected chi connectivity index (χ4v) is 3.14. The lowest BCUT2D eigenvalue weighted by Gasteiger charge is -2.22. The van der Waals surface area contributed by atoms with Crippen LogP contribution in [-0.4, -0.2) is 47.3 Å². The third kappa shape index (κ3) is 3.03. The number of aliphatic hydroxyl groups is 1. The molecular formula is C18H21N3O5. The number of hydrogen-bond acceptors (Lipinski definition) is 7. The summed E-state index contributed by atoms with van der Waals surface area (Å²) in [6.07, 6.45) is 1.62. The Kier molecular flexibility index (Phi) is 4.69. The molecule has 0 saturated heterocycles. The molecule has 2 atom stereocenters. The van der Waals surface area contributed by atoms with Gasteiger partial charge in [-0.2, -0.15) is 0 Å². The highest BCUT2D eigenvalue weighted by Gasteiger charge is 2.30. The van der Waals surface area contributed by atoms with Crippen LogP contribution in [0.4, 0.5) is 17.1 Å². The van der Waals surface area contributed by atoms with Crippen molar-refractivity contribution >= 4 is 23.0 Å². The number of rotatable bonds is 5. The summed E-state index contributed by atoms with van der Waals surface area (Å²) in [4.78, 5) is 37.3. The Bertz CT molecular complexity index is 914. The molecule has 0 radical (unpaired) electrons. The molecule has 26 heavy (non-hydrogen) atoms. The number of phenolic OH excluding ortho intramolecular Hbond substituents is 1. The largest absolute Gasteiger partial charge is 0.505 e. The van der Waals surface area contributed by atoms with Crippen molar-refractivity contribution in [2.45, 2.75) is 31.4 Å². The van der Waals surface area contributed by atoms with E-state index >= 15 is 0 Å². The van der Waals surface area contributed by atoms with Gasteiger partial charge in [0.25, 0.3) is 16.8 Å². The van der Waals surface area contributed by atoms with Crippen LogP contribution < -0.4 is 21.5 Å². The summed E-state index contributed by atoms with van der Waals surface area (Å²) in [5.74, 6) is -0.685. The molecular weight excluding hydrogens is 338 g/mol. The Morgan fingerprint density at radius 1 is 1.15 bits per heavy atom. The first-order valence-electron chi connectivity index (χ1n) is 8.39. The molecule has 1 saturated carbocycles. The molecule has 8 nitrogen and oxygen atoms in total. The van der Waals surface area contributed by atoms with E-state index in [0.29, 0.717) is 12.8 Å². The maximum atomic E-state index is 12.1. The minimum absolute atomic E-state index is 0.0267. The number of para-hydroxylation sites is 1. The molecule has 2 aromatic rings. The Labute approximate surface area is 149 Å². The normalized spacial score (nSPS) is 19.5. The average molecular weight is 359 g/mol. The van der Waals surface area contributed by atoms with E-state index in [1.807, 2.05) is 0 Å². The van der Waals surface area contributed by atoms with E-state index < -0.39 is 17.0 Å². The number of nitrogens with one attached hydrogen (secondary N) is 2. The van der Waals surface area contributed by atoms with Gasteiger partial charge in [0.15, 0.2) is 5.75 Å². The molecule has 4 N–H and O–H groups in total. The van der Waals surface area contributed by atoms with Gasteiger partial charge in [-0.3, -0.25) is 14.4 Å². The molecule has 1 fully saturated rings. The van der Waals surface area contributed by atoms with Gasteiger partial charge in [-0.05, 0) is 31.4 Å². The second-order valence-electron chi connectivity index (χ2n) is 6.68. The maximum Gasteiger partial charge on any atom is 0.257 e. The second kappa shape index (κ2) is 6.80. The number of anilines is 3. The van der Waals surface area contributed by atoms with E-state index in [9.17, 15) is 24.6 Å². The van der Waals surface area contributed by atoms with Gasteiger partial charge in [0.2, 0.25) is 0 Å². The number of phenols is 1. The van der Waals surface area contributed by atoms with Crippen molar-refractivity contribution in [2.24, 2.45) is 0 Å². The smallest absolute Gasteiger partial charge is 0.257 e. The summed E-state index contributed by atoms with van der Waals surface area (Å²) in [7, 11) is 3.13. The van der Waals surface area contributed by atoms with Crippen LogP contribution in [0.3, 0.4) is 0 Å². The van der Waals surface area contributed by atoms with Crippen molar-refractivity contribution in [3.05, 3.63) is 44.2 Å². The number of amides is 1. The number of nitrogens with zero attached hydrogens (tertiary/aromatic N) is 1. The zero-order chi connectivity index (χ0) is 19.0. The first-order chi connectivity index (χ1) is 12.3. The topological polar surface area (TPSA) is 119 Å². The predicted octanol–water partition coefficient (Wildman–Crippen LogP) is 0.759. The fourth-order valence-electron chi connectivity index (χ4n) is 3.14. The zero-order valence-corrected chi connectivity index (χ0v) is 14.6.